The molecule has 0 bridgehead atoms. The number of Topliss-reactive ketones (excluding diaryl/α,β-unsaturated/α-hetero) is 1. The number of aryl methyl sites for hydroxylation is 1. The molecule has 55 heavy (non-hydrogen) atoms. The molecule has 15 nitrogen and oxygen atoms in total. The first kappa shape index (κ1) is 48.5. The number of rotatable bonds is 32. The summed E-state index contributed by atoms with van der Waals surface area (Å²) in [7, 11) is 0. The first-order valence-electron chi connectivity index (χ1n) is 18.6. The highest BCUT2D eigenvalue weighted by molar-refractivity contribution is 9.14. The fraction of sp³-hybridized carbons (Fsp3) is 0.658. The topological polar surface area (TPSA) is 177 Å². The molecule has 0 saturated carbocycles. The van der Waals surface area contributed by atoms with Crippen molar-refractivity contribution in [3.63, 3.8) is 0 Å². The van der Waals surface area contributed by atoms with Gasteiger partial charge in [-0.25, -0.2) is 0 Å². The molecule has 2 N–H and O–H groups in total. The SMILES string of the molecule is CCc1ccc(NC(=O)[C@H](C)CC(=O)[C@@H](NC(=O)CCOCCOCCOCCOCCOCCOCCOCCN2C(=O)C(Br)=C(Br)C2=O)C(C)C)cc1. The maximum absolute atomic E-state index is 13.0. The van der Waals surface area contributed by atoms with E-state index in [4.69, 9.17) is 33.2 Å². The molecular formula is C38H57Br2N3O12. The summed E-state index contributed by atoms with van der Waals surface area (Å²) >= 11 is 6.16. The number of nitrogens with zero attached hydrogens (tertiary/aromatic N) is 1. The molecule has 0 unspecified atom stereocenters. The third-order valence-corrected chi connectivity index (χ3v) is 10.1. The molecule has 0 saturated heterocycles. The summed E-state index contributed by atoms with van der Waals surface area (Å²) < 4.78 is 38.7. The lowest BCUT2D eigenvalue weighted by atomic mass is 9.92. The Morgan fingerprint density at radius 1 is 0.655 bits per heavy atom. The maximum atomic E-state index is 13.0. The van der Waals surface area contributed by atoms with E-state index in [9.17, 15) is 24.0 Å². The zero-order chi connectivity index (χ0) is 40.4. The third-order valence-electron chi connectivity index (χ3n) is 8.14. The van der Waals surface area contributed by atoms with Gasteiger partial charge in [0.25, 0.3) is 11.8 Å². The van der Waals surface area contributed by atoms with E-state index in [1.165, 1.54) is 5.56 Å². The second-order valence-electron chi connectivity index (χ2n) is 12.8. The van der Waals surface area contributed by atoms with Crippen LogP contribution in [-0.4, -0.2) is 139 Å². The Kier molecular flexibility index (Phi) is 25.4. The van der Waals surface area contributed by atoms with Crippen molar-refractivity contribution < 1.29 is 57.1 Å². The number of ketones is 1. The summed E-state index contributed by atoms with van der Waals surface area (Å²) in [6.45, 7) is 12.7. The molecule has 0 fully saturated rings. The van der Waals surface area contributed by atoms with Crippen molar-refractivity contribution in [2.45, 2.75) is 53.0 Å². The van der Waals surface area contributed by atoms with Crippen LogP contribution in [0.25, 0.3) is 0 Å². The maximum Gasteiger partial charge on any atom is 0.269 e. The number of anilines is 1. The van der Waals surface area contributed by atoms with Gasteiger partial charge < -0.3 is 43.8 Å². The van der Waals surface area contributed by atoms with Gasteiger partial charge in [0.05, 0.1) is 105 Å². The molecule has 4 amide bonds. The van der Waals surface area contributed by atoms with Crippen molar-refractivity contribution in [3.8, 4) is 0 Å². The predicted octanol–water partition coefficient (Wildman–Crippen LogP) is 3.80. The summed E-state index contributed by atoms with van der Waals surface area (Å²) in [5.74, 6) is -2.17. The molecule has 1 aromatic rings. The minimum Gasteiger partial charge on any atom is -0.379 e. The van der Waals surface area contributed by atoms with Crippen LogP contribution >= 0.6 is 31.9 Å². The second-order valence-corrected chi connectivity index (χ2v) is 14.4. The van der Waals surface area contributed by atoms with Crippen molar-refractivity contribution in [2.24, 2.45) is 11.8 Å². The summed E-state index contributed by atoms with van der Waals surface area (Å²) in [5.41, 5.74) is 1.86. The van der Waals surface area contributed by atoms with Crippen LogP contribution in [0.3, 0.4) is 0 Å². The smallest absolute Gasteiger partial charge is 0.269 e. The van der Waals surface area contributed by atoms with Crippen molar-refractivity contribution in [1.29, 1.82) is 0 Å². The van der Waals surface area contributed by atoms with E-state index in [0.29, 0.717) is 85.0 Å². The fourth-order valence-corrected chi connectivity index (χ4v) is 5.70. The Labute approximate surface area is 341 Å². The standard InChI is InChI=1S/C38H57Br2N3O12/c1-5-29-6-8-30(9-7-29)41-36(46)28(4)26-31(44)35(27(2)3)42-32(45)10-12-49-14-16-51-18-20-53-22-24-55-25-23-54-21-19-52-17-15-50-13-11-43-37(47)33(39)34(40)38(43)48/h6-9,27-28,35H,5,10-26H2,1-4H3,(H,41,46)(H,42,45)/t28-,35+/m1/s1. The van der Waals surface area contributed by atoms with Crippen LogP contribution in [0.1, 0.15) is 46.1 Å². The number of carbonyl (C=O) groups is 5. The zero-order valence-corrected chi connectivity index (χ0v) is 35.5. The highest BCUT2D eigenvalue weighted by Crippen LogP contribution is 2.29. The molecule has 1 aliphatic heterocycles. The van der Waals surface area contributed by atoms with E-state index in [2.05, 4.69) is 49.4 Å². The van der Waals surface area contributed by atoms with Gasteiger partial charge in [0.15, 0.2) is 5.78 Å². The van der Waals surface area contributed by atoms with Gasteiger partial charge in [-0.3, -0.25) is 28.9 Å². The van der Waals surface area contributed by atoms with Crippen LogP contribution in [-0.2, 0) is 63.6 Å². The molecule has 0 aliphatic carbocycles. The Morgan fingerprint density at radius 2 is 1.07 bits per heavy atom. The molecule has 2 rings (SSSR count). The highest BCUT2D eigenvalue weighted by atomic mass is 79.9. The van der Waals surface area contributed by atoms with E-state index in [1.807, 2.05) is 38.1 Å². The fourth-order valence-electron chi connectivity index (χ4n) is 4.94. The average Bonchev–Trinajstić information content (AvgIpc) is 3.35. The van der Waals surface area contributed by atoms with Crippen molar-refractivity contribution in [2.75, 3.05) is 104 Å². The van der Waals surface area contributed by atoms with Gasteiger partial charge in [-0.05, 0) is 61.9 Å². The molecule has 1 heterocycles. The van der Waals surface area contributed by atoms with Crippen molar-refractivity contribution >= 4 is 67.0 Å². The number of benzene rings is 1. The lowest BCUT2D eigenvalue weighted by Gasteiger charge is -2.23. The quantitative estimate of drug-likeness (QED) is 0.0792. The van der Waals surface area contributed by atoms with Crippen LogP contribution < -0.4 is 10.6 Å². The van der Waals surface area contributed by atoms with Crippen molar-refractivity contribution in [3.05, 3.63) is 38.8 Å². The van der Waals surface area contributed by atoms with Gasteiger partial charge in [0.2, 0.25) is 11.8 Å². The lowest BCUT2D eigenvalue weighted by molar-refractivity contribution is -0.138. The van der Waals surface area contributed by atoms with Crippen molar-refractivity contribution in [1.82, 2.24) is 10.2 Å². The van der Waals surface area contributed by atoms with Gasteiger partial charge in [-0.15, -0.1) is 0 Å². The molecule has 1 aromatic carbocycles. The molecule has 2 atom stereocenters. The molecule has 0 radical (unpaired) electrons. The third kappa shape index (κ3) is 19.9. The first-order chi connectivity index (χ1) is 26.5. The number of hydrogen-bond donors (Lipinski definition) is 2. The molecule has 17 heteroatoms. The lowest BCUT2D eigenvalue weighted by Crippen LogP contribution is -2.45. The van der Waals surface area contributed by atoms with Gasteiger partial charge in [-0.2, -0.15) is 0 Å². The Balaban J connectivity index is 1.35. The second kappa shape index (κ2) is 28.7. The summed E-state index contributed by atoms with van der Waals surface area (Å²) in [4.78, 5) is 63.1. The minimum atomic E-state index is -0.690. The van der Waals surface area contributed by atoms with E-state index < -0.39 is 12.0 Å². The number of ether oxygens (including phenoxy) is 7. The molecular weight excluding hydrogens is 850 g/mol. The van der Waals surface area contributed by atoms with E-state index in [1.54, 1.807) is 6.92 Å². The van der Waals surface area contributed by atoms with Gasteiger partial charge in [0, 0.05) is 24.4 Å². The van der Waals surface area contributed by atoms with Crippen LogP contribution in [0.15, 0.2) is 33.2 Å². The summed E-state index contributed by atoms with van der Waals surface area (Å²) in [5, 5.41) is 5.66. The number of hydrogen-bond acceptors (Lipinski definition) is 12. The number of amides is 4. The number of imide groups is 1. The number of carbonyl (C=O) groups excluding carboxylic acids is 5. The Hall–Kier alpha value is -2.61. The highest BCUT2D eigenvalue weighted by Gasteiger charge is 2.35. The normalized spacial score (nSPS) is 14.2. The van der Waals surface area contributed by atoms with Crippen LogP contribution in [0, 0.1) is 11.8 Å². The van der Waals surface area contributed by atoms with Gasteiger partial charge in [-0.1, -0.05) is 39.8 Å². The molecule has 310 valence electrons. The average molecular weight is 908 g/mol. The molecule has 1 aliphatic rings. The van der Waals surface area contributed by atoms with E-state index in [-0.39, 0.29) is 76.9 Å². The molecule has 0 spiro atoms. The van der Waals surface area contributed by atoms with Crippen LogP contribution in [0.4, 0.5) is 5.69 Å². The van der Waals surface area contributed by atoms with Gasteiger partial charge in [0.1, 0.15) is 8.96 Å². The summed E-state index contributed by atoms with van der Waals surface area (Å²) in [6.07, 6.45) is 1.03. The Morgan fingerprint density at radius 3 is 1.49 bits per heavy atom. The Bertz CT molecular complexity index is 1340. The van der Waals surface area contributed by atoms with Gasteiger partial charge >= 0.3 is 0 Å². The first-order valence-corrected chi connectivity index (χ1v) is 20.2. The number of halogens is 2. The van der Waals surface area contributed by atoms with Crippen LogP contribution in [0.5, 0.6) is 0 Å². The summed E-state index contributed by atoms with van der Waals surface area (Å²) in [6, 6.07) is 6.92. The number of nitrogens with one attached hydrogen (secondary N) is 2. The predicted molar refractivity (Wildman–Crippen MR) is 212 cm³/mol. The van der Waals surface area contributed by atoms with E-state index in [0.717, 1.165) is 11.3 Å². The monoisotopic (exact) mass is 905 g/mol. The zero-order valence-electron chi connectivity index (χ0n) is 32.4. The molecule has 0 aromatic heterocycles. The largest absolute Gasteiger partial charge is 0.379 e. The van der Waals surface area contributed by atoms with E-state index >= 15 is 0 Å². The van der Waals surface area contributed by atoms with Crippen LogP contribution in [0.2, 0.25) is 0 Å². The minimum absolute atomic E-state index is 0.0213.